The average molecular weight is 303 g/mol. The van der Waals surface area contributed by atoms with Crippen molar-refractivity contribution >= 4 is 21.7 Å². The molecule has 1 heterocycles. The van der Waals surface area contributed by atoms with E-state index in [-0.39, 0.29) is 0 Å². The number of carbonyl (C=O) groups is 2. The van der Waals surface area contributed by atoms with E-state index in [1.54, 1.807) is 0 Å². The average Bonchev–Trinajstić information content (AvgIpc) is 2.77. The van der Waals surface area contributed by atoms with E-state index in [1.807, 2.05) is 13.8 Å². The Morgan fingerprint density at radius 3 is 2.50 bits per heavy atom. The molecule has 0 unspecified atom stereocenters. The molecule has 0 aromatic carbocycles. The van der Waals surface area contributed by atoms with Gasteiger partial charge in [0.15, 0.2) is 0 Å². The third-order valence-electron chi connectivity index (χ3n) is 2.46. The van der Waals surface area contributed by atoms with Crippen LogP contribution in [0.1, 0.15) is 30.8 Å². The topological polar surface area (TPSA) is 114 Å². The Morgan fingerprint density at radius 1 is 1.35 bits per heavy atom. The largest absolute Gasteiger partial charge is 0.475 e. The normalized spacial score (nSPS) is 11.6. The van der Waals surface area contributed by atoms with Gasteiger partial charge in [-0.2, -0.15) is 0 Å². The van der Waals surface area contributed by atoms with Crippen LogP contribution in [0, 0.1) is 5.92 Å². The highest BCUT2D eigenvalue weighted by molar-refractivity contribution is 7.92. The number of hydrogen-bond donors (Lipinski definition) is 2. The van der Waals surface area contributed by atoms with Gasteiger partial charge in [-0.3, -0.25) is 4.79 Å². The summed E-state index contributed by atoms with van der Waals surface area (Å²) in [6.45, 7) is 4.36. The molecule has 0 aliphatic rings. The molecule has 0 aliphatic carbocycles. The van der Waals surface area contributed by atoms with Crippen LogP contribution in [0.5, 0.6) is 0 Å². The summed E-state index contributed by atoms with van der Waals surface area (Å²) < 4.78 is 28.3. The number of carboxylic acids is 1. The van der Waals surface area contributed by atoms with Crippen molar-refractivity contribution in [1.29, 1.82) is 0 Å². The zero-order chi connectivity index (χ0) is 15.3. The summed E-state index contributed by atoms with van der Waals surface area (Å²) in [5.41, 5.74) is 0. The summed E-state index contributed by atoms with van der Waals surface area (Å²) in [4.78, 5) is 22.1. The second kappa shape index (κ2) is 6.56. The molecule has 2 N–H and O–H groups in total. The maximum absolute atomic E-state index is 11.8. The molecule has 0 radical (unpaired) electrons. The monoisotopic (exact) mass is 303 g/mol. The summed E-state index contributed by atoms with van der Waals surface area (Å²) in [6.07, 6.45) is 0.746. The highest BCUT2D eigenvalue weighted by Gasteiger charge is 2.24. The first-order valence-electron chi connectivity index (χ1n) is 6.05. The predicted octanol–water partition coefficient (Wildman–Crippen LogP) is 0.914. The molecule has 7 nitrogen and oxygen atoms in total. The van der Waals surface area contributed by atoms with Gasteiger partial charge in [0.2, 0.25) is 26.6 Å². The second-order valence-electron chi connectivity index (χ2n) is 4.72. The van der Waals surface area contributed by atoms with Crippen LogP contribution < -0.4 is 5.32 Å². The highest BCUT2D eigenvalue weighted by Crippen LogP contribution is 2.15. The van der Waals surface area contributed by atoms with E-state index in [0.717, 1.165) is 18.6 Å². The van der Waals surface area contributed by atoms with Gasteiger partial charge in [-0.1, -0.05) is 13.8 Å². The van der Waals surface area contributed by atoms with E-state index in [2.05, 4.69) is 9.73 Å². The molecule has 0 atom stereocenters. The summed E-state index contributed by atoms with van der Waals surface area (Å²) in [5.74, 6) is -2.86. The van der Waals surface area contributed by atoms with Gasteiger partial charge in [0.1, 0.15) is 5.75 Å². The third-order valence-corrected chi connectivity index (χ3v) is 3.94. The number of nitrogens with one attached hydrogen (secondary N) is 1. The van der Waals surface area contributed by atoms with Crippen LogP contribution in [-0.4, -0.2) is 37.7 Å². The molecule has 0 saturated heterocycles. The van der Waals surface area contributed by atoms with Crippen LogP contribution >= 0.6 is 0 Å². The van der Waals surface area contributed by atoms with Gasteiger partial charge in [-0.25, -0.2) is 13.2 Å². The molecule has 1 aromatic rings. The number of amides is 1. The molecule has 1 aromatic heterocycles. The lowest BCUT2D eigenvalue weighted by Gasteiger charge is -2.06. The summed E-state index contributed by atoms with van der Waals surface area (Å²) in [6, 6.07) is 2.06. The molecule has 0 bridgehead atoms. The molecule has 1 amide bonds. The van der Waals surface area contributed by atoms with Crippen molar-refractivity contribution in [2.24, 2.45) is 5.92 Å². The van der Waals surface area contributed by atoms with E-state index in [1.165, 1.54) is 0 Å². The van der Waals surface area contributed by atoms with Crippen molar-refractivity contribution in [3.05, 3.63) is 17.9 Å². The first-order chi connectivity index (χ1) is 9.22. The molecule has 0 spiro atoms. The maximum Gasteiger partial charge on any atom is 0.371 e. The minimum atomic E-state index is -3.96. The summed E-state index contributed by atoms with van der Waals surface area (Å²) >= 11 is 0. The van der Waals surface area contributed by atoms with Crippen LogP contribution in [0.3, 0.4) is 0 Å². The minimum absolute atomic E-state index is 0.393. The van der Waals surface area contributed by atoms with Crippen molar-refractivity contribution in [3.63, 3.8) is 0 Å². The lowest BCUT2D eigenvalue weighted by atomic mass is 10.1. The first kappa shape index (κ1) is 16.2. The fraction of sp³-hybridized carbons (Fsp3) is 0.500. The smallest absolute Gasteiger partial charge is 0.371 e. The van der Waals surface area contributed by atoms with E-state index >= 15 is 0 Å². The molecule has 8 heteroatoms. The van der Waals surface area contributed by atoms with Crippen molar-refractivity contribution in [1.82, 2.24) is 5.32 Å². The predicted molar refractivity (Wildman–Crippen MR) is 70.2 cm³/mol. The zero-order valence-electron chi connectivity index (χ0n) is 11.3. The van der Waals surface area contributed by atoms with Crippen LogP contribution in [0.25, 0.3) is 0 Å². The Balaban J connectivity index is 2.64. The standard InChI is InChI=1S/C12H17NO6S/c1-8(2)5-6-13-10(14)7-20(17,18)11-4-3-9(19-11)12(15)16/h3-4,8H,5-7H2,1-2H3,(H,13,14)(H,15,16). The van der Waals surface area contributed by atoms with E-state index in [0.29, 0.717) is 12.5 Å². The zero-order valence-corrected chi connectivity index (χ0v) is 12.1. The second-order valence-corrected chi connectivity index (χ2v) is 6.64. The van der Waals surface area contributed by atoms with Crippen molar-refractivity contribution in [2.45, 2.75) is 25.4 Å². The number of aromatic carboxylic acids is 1. The minimum Gasteiger partial charge on any atom is -0.475 e. The fourth-order valence-corrected chi connectivity index (χ4v) is 2.48. The molecular formula is C12H17NO6S. The van der Waals surface area contributed by atoms with Crippen molar-refractivity contribution in [2.75, 3.05) is 12.3 Å². The van der Waals surface area contributed by atoms with Gasteiger partial charge < -0.3 is 14.8 Å². The van der Waals surface area contributed by atoms with Gasteiger partial charge >= 0.3 is 5.97 Å². The molecular weight excluding hydrogens is 286 g/mol. The number of furan rings is 1. The van der Waals surface area contributed by atoms with Crippen LogP contribution in [0.4, 0.5) is 0 Å². The number of rotatable bonds is 7. The summed E-state index contributed by atoms with van der Waals surface area (Å²) in [5, 5.41) is 10.6. The third kappa shape index (κ3) is 4.69. The molecule has 1 rings (SSSR count). The van der Waals surface area contributed by atoms with E-state index < -0.39 is 38.3 Å². The fourth-order valence-electron chi connectivity index (χ4n) is 1.40. The van der Waals surface area contributed by atoms with E-state index in [4.69, 9.17) is 5.11 Å². The number of sulfone groups is 1. The summed E-state index contributed by atoms with van der Waals surface area (Å²) in [7, 11) is -3.96. The van der Waals surface area contributed by atoms with Crippen LogP contribution in [0.15, 0.2) is 21.6 Å². The number of carboxylic acid groups (broad SMARTS) is 1. The molecule has 112 valence electrons. The van der Waals surface area contributed by atoms with Crippen LogP contribution in [0.2, 0.25) is 0 Å². The van der Waals surface area contributed by atoms with Crippen molar-refractivity contribution in [3.8, 4) is 0 Å². The van der Waals surface area contributed by atoms with Gasteiger partial charge in [-0.05, 0) is 24.5 Å². The Kier molecular flexibility index (Phi) is 5.32. The number of hydrogen-bond acceptors (Lipinski definition) is 5. The Morgan fingerprint density at radius 2 is 2.00 bits per heavy atom. The lowest BCUT2D eigenvalue weighted by Crippen LogP contribution is -2.31. The van der Waals surface area contributed by atoms with E-state index in [9.17, 15) is 18.0 Å². The van der Waals surface area contributed by atoms with Gasteiger partial charge in [0.05, 0.1) is 0 Å². The Labute approximate surface area is 116 Å². The lowest BCUT2D eigenvalue weighted by molar-refractivity contribution is -0.118. The highest BCUT2D eigenvalue weighted by atomic mass is 32.2. The SMILES string of the molecule is CC(C)CCNC(=O)CS(=O)(=O)c1ccc(C(=O)O)o1. The van der Waals surface area contributed by atoms with Gasteiger partial charge in [0, 0.05) is 6.54 Å². The van der Waals surface area contributed by atoms with Crippen LogP contribution in [-0.2, 0) is 14.6 Å². The van der Waals surface area contributed by atoms with Crippen molar-refractivity contribution < 1.29 is 27.5 Å². The quantitative estimate of drug-likeness (QED) is 0.774. The number of carbonyl (C=O) groups excluding carboxylic acids is 1. The molecule has 0 fully saturated rings. The first-order valence-corrected chi connectivity index (χ1v) is 7.70. The van der Waals surface area contributed by atoms with Gasteiger partial charge in [0.25, 0.3) is 0 Å². The Hall–Kier alpha value is -1.83. The van der Waals surface area contributed by atoms with Gasteiger partial charge in [-0.15, -0.1) is 0 Å². The Bertz CT molecular complexity index is 587. The molecule has 20 heavy (non-hydrogen) atoms. The molecule has 0 aliphatic heterocycles. The maximum atomic E-state index is 11.8. The molecule has 0 saturated carbocycles.